The molecule has 1 N–H and O–H groups in total. The Morgan fingerprint density at radius 1 is 1.50 bits per heavy atom. The number of ether oxygens (including phenoxy) is 2. The van der Waals surface area contributed by atoms with Crippen LogP contribution in [0, 0.1) is 0 Å². The molecule has 1 aromatic carbocycles. The lowest BCUT2D eigenvalue weighted by atomic mass is 10.2. The Labute approximate surface area is 84.0 Å². The first-order valence-corrected chi connectivity index (χ1v) is 5.00. The van der Waals surface area contributed by atoms with E-state index in [0.717, 1.165) is 24.6 Å². The van der Waals surface area contributed by atoms with Crippen molar-refractivity contribution < 1.29 is 9.47 Å². The van der Waals surface area contributed by atoms with Gasteiger partial charge in [0, 0.05) is 18.7 Å². The van der Waals surface area contributed by atoms with Crippen LogP contribution in [0.15, 0.2) is 18.2 Å². The van der Waals surface area contributed by atoms with Crippen LogP contribution >= 0.6 is 0 Å². The van der Waals surface area contributed by atoms with Crippen molar-refractivity contribution in [3.8, 4) is 11.5 Å². The number of para-hydroxylation sites is 1. The van der Waals surface area contributed by atoms with Gasteiger partial charge >= 0.3 is 0 Å². The Kier molecular flexibility index (Phi) is 2.89. The fraction of sp³-hybridized carbons (Fsp3) is 0.455. The lowest BCUT2D eigenvalue weighted by Crippen LogP contribution is -2.16. The van der Waals surface area contributed by atoms with Crippen molar-refractivity contribution >= 4 is 0 Å². The zero-order chi connectivity index (χ0) is 9.80. The van der Waals surface area contributed by atoms with Crippen molar-refractivity contribution in [1.29, 1.82) is 0 Å². The van der Waals surface area contributed by atoms with Crippen molar-refractivity contribution in [3.05, 3.63) is 23.8 Å². The second-order valence-corrected chi connectivity index (χ2v) is 3.20. The third-order valence-corrected chi connectivity index (χ3v) is 2.20. The van der Waals surface area contributed by atoms with Crippen LogP contribution in [0.2, 0.25) is 0 Å². The molecule has 3 heteroatoms. The lowest BCUT2D eigenvalue weighted by Gasteiger charge is -2.12. The molecule has 0 fully saturated rings. The summed E-state index contributed by atoms with van der Waals surface area (Å²) < 4.78 is 11.2. The molecular formula is C11H15NO2. The number of rotatable bonds is 2. The first-order chi connectivity index (χ1) is 6.92. The zero-order valence-electron chi connectivity index (χ0n) is 8.38. The van der Waals surface area contributed by atoms with E-state index in [1.807, 2.05) is 19.1 Å². The summed E-state index contributed by atoms with van der Waals surface area (Å²) in [7, 11) is 0. The molecule has 0 spiro atoms. The Bertz CT molecular complexity index is 312. The van der Waals surface area contributed by atoms with Gasteiger partial charge in [0.1, 0.15) is 6.61 Å². The van der Waals surface area contributed by atoms with Gasteiger partial charge in [0.2, 0.25) is 0 Å². The van der Waals surface area contributed by atoms with Gasteiger partial charge in [-0.05, 0) is 13.0 Å². The predicted octanol–water partition coefficient (Wildman–Crippen LogP) is 1.57. The smallest absolute Gasteiger partial charge is 0.165 e. The molecule has 1 aliphatic heterocycles. The summed E-state index contributed by atoms with van der Waals surface area (Å²) in [5, 5.41) is 3.29. The average Bonchev–Trinajstić information content (AvgIpc) is 2.44. The van der Waals surface area contributed by atoms with Gasteiger partial charge in [-0.3, -0.25) is 0 Å². The van der Waals surface area contributed by atoms with Crippen molar-refractivity contribution in [3.63, 3.8) is 0 Å². The van der Waals surface area contributed by atoms with Crippen LogP contribution in [0.4, 0.5) is 0 Å². The summed E-state index contributed by atoms with van der Waals surface area (Å²) in [5.41, 5.74) is 1.17. The third-order valence-electron chi connectivity index (χ3n) is 2.20. The quantitative estimate of drug-likeness (QED) is 0.773. The SMILES string of the molecule is CCOc1cccc2c1OCCNC2. The Morgan fingerprint density at radius 3 is 3.29 bits per heavy atom. The van der Waals surface area contributed by atoms with E-state index in [4.69, 9.17) is 9.47 Å². The molecule has 1 aromatic rings. The Hall–Kier alpha value is -1.22. The van der Waals surface area contributed by atoms with Gasteiger partial charge in [-0.2, -0.15) is 0 Å². The molecule has 14 heavy (non-hydrogen) atoms. The lowest BCUT2D eigenvalue weighted by molar-refractivity contribution is 0.282. The molecule has 1 heterocycles. The molecule has 0 unspecified atom stereocenters. The van der Waals surface area contributed by atoms with E-state index in [1.165, 1.54) is 5.56 Å². The minimum absolute atomic E-state index is 0.674. The van der Waals surface area contributed by atoms with E-state index in [9.17, 15) is 0 Å². The number of hydrogen-bond acceptors (Lipinski definition) is 3. The number of benzene rings is 1. The second-order valence-electron chi connectivity index (χ2n) is 3.20. The summed E-state index contributed by atoms with van der Waals surface area (Å²) in [6.07, 6.45) is 0. The molecule has 76 valence electrons. The van der Waals surface area contributed by atoms with E-state index in [-0.39, 0.29) is 0 Å². The summed E-state index contributed by atoms with van der Waals surface area (Å²) in [6.45, 7) is 5.11. The van der Waals surface area contributed by atoms with Gasteiger partial charge in [-0.15, -0.1) is 0 Å². The molecule has 0 amide bonds. The first-order valence-electron chi connectivity index (χ1n) is 5.00. The highest BCUT2D eigenvalue weighted by atomic mass is 16.5. The molecule has 2 rings (SSSR count). The standard InChI is InChI=1S/C11H15NO2/c1-2-13-10-5-3-4-9-8-12-6-7-14-11(9)10/h3-5,12H,2,6-8H2,1H3. The highest BCUT2D eigenvalue weighted by Crippen LogP contribution is 2.32. The maximum absolute atomic E-state index is 5.64. The van der Waals surface area contributed by atoms with Crippen molar-refractivity contribution in [2.45, 2.75) is 13.5 Å². The number of nitrogens with one attached hydrogen (secondary N) is 1. The van der Waals surface area contributed by atoms with Crippen molar-refractivity contribution in [2.75, 3.05) is 19.8 Å². The summed E-state index contributed by atoms with van der Waals surface area (Å²) >= 11 is 0. The third kappa shape index (κ3) is 1.82. The van der Waals surface area contributed by atoms with Crippen LogP contribution in [0.1, 0.15) is 12.5 Å². The predicted molar refractivity (Wildman–Crippen MR) is 54.8 cm³/mol. The fourth-order valence-corrected chi connectivity index (χ4v) is 1.58. The summed E-state index contributed by atoms with van der Waals surface area (Å²) in [5.74, 6) is 1.76. The topological polar surface area (TPSA) is 30.5 Å². The van der Waals surface area contributed by atoms with E-state index >= 15 is 0 Å². The molecule has 3 nitrogen and oxygen atoms in total. The molecule has 0 atom stereocenters. The van der Waals surface area contributed by atoms with Gasteiger partial charge in [0.15, 0.2) is 11.5 Å². The minimum Gasteiger partial charge on any atom is -0.490 e. The Morgan fingerprint density at radius 2 is 2.43 bits per heavy atom. The van der Waals surface area contributed by atoms with Gasteiger partial charge in [0.25, 0.3) is 0 Å². The first kappa shape index (κ1) is 9.34. The Balaban J connectivity index is 2.32. The largest absolute Gasteiger partial charge is 0.490 e. The molecular weight excluding hydrogens is 178 g/mol. The van der Waals surface area contributed by atoms with Gasteiger partial charge in [-0.25, -0.2) is 0 Å². The van der Waals surface area contributed by atoms with Crippen molar-refractivity contribution in [1.82, 2.24) is 5.32 Å². The molecule has 0 saturated carbocycles. The molecule has 1 aliphatic rings. The molecule has 0 aromatic heterocycles. The van der Waals surface area contributed by atoms with Crippen LogP contribution in [-0.2, 0) is 6.54 Å². The molecule has 0 bridgehead atoms. The van der Waals surface area contributed by atoms with E-state index in [2.05, 4.69) is 11.4 Å². The van der Waals surface area contributed by atoms with E-state index in [1.54, 1.807) is 0 Å². The van der Waals surface area contributed by atoms with Crippen LogP contribution in [0.5, 0.6) is 11.5 Å². The molecule has 0 saturated heterocycles. The molecule has 0 aliphatic carbocycles. The fourth-order valence-electron chi connectivity index (χ4n) is 1.58. The average molecular weight is 193 g/mol. The monoisotopic (exact) mass is 193 g/mol. The highest BCUT2D eigenvalue weighted by molar-refractivity contribution is 5.46. The number of hydrogen-bond donors (Lipinski definition) is 1. The molecule has 0 radical (unpaired) electrons. The zero-order valence-corrected chi connectivity index (χ0v) is 8.38. The summed E-state index contributed by atoms with van der Waals surface area (Å²) in [4.78, 5) is 0. The van der Waals surface area contributed by atoms with Crippen molar-refractivity contribution in [2.24, 2.45) is 0 Å². The van der Waals surface area contributed by atoms with Gasteiger partial charge in [0.05, 0.1) is 6.61 Å². The minimum atomic E-state index is 0.674. The summed E-state index contributed by atoms with van der Waals surface area (Å²) in [6, 6.07) is 6.02. The van der Waals surface area contributed by atoms with Gasteiger partial charge < -0.3 is 14.8 Å². The maximum Gasteiger partial charge on any atom is 0.165 e. The highest BCUT2D eigenvalue weighted by Gasteiger charge is 2.12. The normalized spacial score (nSPS) is 15.2. The van der Waals surface area contributed by atoms with Crippen LogP contribution in [-0.4, -0.2) is 19.8 Å². The second kappa shape index (κ2) is 4.33. The van der Waals surface area contributed by atoms with Crippen LogP contribution < -0.4 is 14.8 Å². The van der Waals surface area contributed by atoms with E-state index in [0.29, 0.717) is 13.2 Å². The van der Waals surface area contributed by atoms with Crippen LogP contribution in [0.3, 0.4) is 0 Å². The number of fused-ring (bicyclic) bond motifs is 1. The van der Waals surface area contributed by atoms with Gasteiger partial charge in [-0.1, -0.05) is 12.1 Å². The van der Waals surface area contributed by atoms with Crippen LogP contribution in [0.25, 0.3) is 0 Å². The van der Waals surface area contributed by atoms with E-state index < -0.39 is 0 Å². The maximum atomic E-state index is 5.64.